The summed E-state index contributed by atoms with van der Waals surface area (Å²) in [6.45, 7) is 3.54. The van der Waals surface area contributed by atoms with Crippen LogP contribution in [0.25, 0.3) is 11.4 Å². The van der Waals surface area contributed by atoms with Crippen LogP contribution in [0.15, 0.2) is 53.1 Å². The topological polar surface area (TPSA) is 59.2 Å². The predicted octanol–water partition coefficient (Wildman–Crippen LogP) is 4.72. The molecule has 29 heavy (non-hydrogen) atoms. The Kier molecular flexibility index (Phi) is 5.95. The molecule has 0 saturated carbocycles. The number of aryl methyl sites for hydroxylation is 1. The highest BCUT2D eigenvalue weighted by Gasteiger charge is 2.26. The van der Waals surface area contributed by atoms with Gasteiger partial charge in [-0.2, -0.15) is 4.98 Å². The second-order valence-electron chi connectivity index (χ2n) is 7.65. The van der Waals surface area contributed by atoms with Gasteiger partial charge in [-0.1, -0.05) is 59.2 Å². The number of nitrogens with zero attached hydrogens (tertiary/aromatic N) is 3. The number of rotatable bonds is 5. The minimum atomic E-state index is 0.119. The number of piperidine rings is 1. The maximum absolute atomic E-state index is 12.8. The smallest absolute Gasteiger partial charge is 0.227 e. The second kappa shape index (κ2) is 8.78. The van der Waals surface area contributed by atoms with Crippen molar-refractivity contribution in [3.63, 3.8) is 0 Å². The molecule has 0 aliphatic carbocycles. The number of carbonyl (C=O) groups is 1. The van der Waals surface area contributed by atoms with Gasteiger partial charge in [0.2, 0.25) is 17.6 Å². The lowest BCUT2D eigenvalue weighted by Crippen LogP contribution is -2.41. The highest BCUT2D eigenvalue weighted by molar-refractivity contribution is 6.31. The van der Waals surface area contributed by atoms with Crippen LogP contribution >= 0.6 is 11.6 Å². The summed E-state index contributed by atoms with van der Waals surface area (Å²) < 4.78 is 5.50. The first-order chi connectivity index (χ1) is 14.1. The van der Waals surface area contributed by atoms with Gasteiger partial charge in [0.1, 0.15) is 0 Å². The van der Waals surface area contributed by atoms with E-state index in [-0.39, 0.29) is 5.91 Å². The zero-order valence-corrected chi connectivity index (χ0v) is 17.2. The van der Waals surface area contributed by atoms with Crippen molar-refractivity contribution in [2.24, 2.45) is 5.92 Å². The van der Waals surface area contributed by atoms with Crippen molar-refractivity contribution in [1.82, 2.24) is 15.0 Å². The van der Waals surface area contributed by atoms with E-state index in [4.69, 9.17) is 16.1 Å². The number of benzene rings is 2. The van der Waals surface area contributed by atoms with Crippen LogP contribution in [0, 0.1) is 12.8 Å². The molecular formula is C23H24ClN3O2. The van der Waals surface area contributed by atoms with Crippen molar-refractivity contribution in [2.75, 3.05) is 13.1 Å². The Balaban J connectivity index is 1.39. The van der Waals surface area contributed by atoms with Gasteiger partial charge in [-0.15, -0.1) is 0 Å². The molecule has 1 atom stereocenters. The van der Waals surface area contributed by atoms with Crippen LogP contribution in [0.5, 0.6) is 0 Å². The number of hydrogen-bond acceptors (Lipinski definition) is 4. The lowest BCUT2D eigenvalue weighted by molar-refractivity contribution is -0.132. The SMILES string of the molecule is Cc1ccccc1-c1noc(C[C@H]2CCCN(C(=O)Cc3ccccc3Cl)C2)n1. The molecule has 0 radical (unpaired) electrons. The fourth-order valence-electron chi connectivity index (χ4n) is 3.89. The maximum Gasteiger partial charge on any atom is 0.227 e. The minimum absolute atomic E-state index is 0.119. The van der Waals surface area contributed by atoms with Crippen molar-refractivity contribution in [3.05, 3.63) is 70.6 Å². The average molecular weight is 410 g/mol. The second-order valence-corrected chi connectivity index (χ2v) is 8.05. The quantitative estimate of drug-likeness (QED) is 0.611. The molecule has 1 amide bonds. The molecule has 0 unspecified atom stereocenters. The molecule has 6 heteroatoms. The number of aromatic nitrogens is 2. The molecule has 0 spiro atoms. The largest absolute Gasteiger partial charge is 0.342 e. The molecule has 4 rings (SSSR count). The van der Waals surface area contributed by atoms with Crippen molar-refractivity contribution in [3.8, 4) is 11.4 Å². The van der Waals surface area contributed by atoms with Gasteiger partial charge in [0.25, 0.3) is 0 Å². The Labute approximate surface area is 175 Å². The normalized spacial score (nSPS) is 16.8. The van der Waals surface area contributed by atoms with Gasteiger partial charge in [0, 0.05) is 30.1 Å². The van der Waals surface area contributed by atoms with Gasteiger partial charge in [-0.25, -0.2) is 0 Å². The van der Waals surface area contributed by atoms with Crippen molar-refractivity contribution in [2.45, 2.75) is 32.6 Å². The summed E-state index contributed by atoms with van der Waals surface area (Å²) >= 11 is 6.21. The summed E-state index contributed by atoms with van der Waals surface area (Å²) in [4.78, 5) is 19.3. The number of amides is 1. The van der Waals surface area contributed by atoms with E-state index in [0.717, 1.165) is 36.1 Å². The lowest BCUT2D eigenvalue weighted by Gasteiger charge is -2.32. The molecule has 1 aliphatic rings. The molecule has 2 aromatic carbocycles. The number of likely N-dealkylation sites (tertiary alicyclic amines) is 1. The molecule has 0 bridgehead atoms. The van der Waals surface area contributed by atoms with E-state index in [9.17, 15) is 4.79 Å². The molecule has 2 heterocycles. The first-order valence-electron chi connectivity index (χ1n) is 10.00. The van der Waals surface area contributed by atoms with Gasteiger partial charge in [0.15, 0.2) is 0 Å². The summed E-state index contributed by atoms with van der Waals surface area (Å²) in [6, 6.07) is 15.5. The predicted molar refractivity (Wildman–Crippen MR) is 113 cm³/mol. The van der Waals surface area contributed by atoms with Crippen LogP contribution < -0.4 is 0 Å². The molecule has 1 aliphatic heterocycles. The third kappa shape index (κ3) is 4.67. The van der Waals surface area contributed by atoms with E-state index in [2.05, 4.69) is 10.1 Å². The van der Waals surface area contributed by atoms with E-state index < -0.39 is 0 Å². The highest BCUT2D eigenvalue weighted by Crippen LogP contribution is 2.24. The van der Waals surface area contributed by atoms with Crippen molar-refractivity contribution < 1.29 is 9.32 Å². The Morgan fingerprint density at radius 3 is 2.83 bits per heavy atom. The monoisotopic (exact) mass is 409 g/mol. The Morgan fingerprint density at radius 1 is 1.21 bits per heavy atom. The standard InChI is InChI=1S/C23H24ClN3O2/c1-16-7-2-4-10-19(16)23-25-21(29-26-23)13-17-8-6-12-27(15-17)22(28)14-18-9-3-5-11-20(18)24/h2-5,7,9-11,17H,6,8,12-15H2,1H3/t17-/m1/s1. The van der Waals surface area contributed by atoms with Gasteiger partial charge < -0.3 is 9.42 Å². The van der Waals surface area contributed by atoms with Gasteiger partial charge >= 0.3 is 0 Å². The first-order valence-corrected chi connectivity index (χ1v) is 10.4. The lowest BCUT2D eigenvalue weighted by atomic mass is 9.94. The van der Waals surface area contributed by atoms with E-state index in [0.29, 0.717) is 42.0 Å². The molecule has 3 aromatic rings. The van der Waals surface area contributed by atoms with Crippen LogP contribution in [-0.4, -0.2) is 34.0 Å². The molecule has 1 fully saturated rings. The first kappa shape index (κ1) is 19.6. The van der Waals surface area contributed by atoms with Crippen LogP contribution in [0.1, 0.15) is 29.9 Å². The van der Waals surface area contributed by atoms with Crippen LogP contribution in [0.3, 0.4) is 0 Å². The van der Waals surface area contributed by atoms with Crippen LogP contribution in [0.4, 0.5) is 0 Å². The van der Waals surface area contributed by atoms with E-state index in [1.165, 1.54) is 0 Å². The maximum atomic E-state index is 12.8. The molecular weight excluding hydrogens is 386 g/mol. The van der Waals surface area contributed by atoms with Gasteiger partial charge in [-0.3, -0.25) is 4.79 Å². The Hall–Kier alpha value is -2.66. The van der Waals surface area contributed by atoms with Gasteiger partial charge in [-0.05, 0) is 42.9 Å². The van der Waals surface area contributed by atoms with Crippen molar-refractivity contribution in [1.29, 1.82) is 0 Å². The van der Waals surface area contributed by atoms with Crippen LogP contribution in [-0.2, 0) is 17.6 Å². The molecule has 1 saturated heterocycles. The number of halogens is 1. The summed E-state index contributed by atoms with van der Waals surface area (Å²) in [5, 5.41) is 4.79. The fraction of sp³-hybridized carbons (Fsp3) is 0.348. The zero-order chi connectivity index (χ0) is 20.2. The third-order valence-electron chi connectivity index (χ3n) is 5.49. The summed E-state index contributed by atoms with van der Waals surface area (Å²) in [7, 11) is 0. The van der Waals surface area contributed by atoms with E-state index in [1.54, 1.807) is 0 Å². The van der Waals surface area contributed by atoms with Crippen molar-refractivity contribution >= 4 is 17.5 Å². The summed E-state index contributed by atoms with van der Waals surface area (Å²) in [5.74, 6) is 1.70. The summed E-state index contributed by atoms with van der Waals surface area (Å²) in [5.41, 5.74) is 2.98. The summed E-state index contributed by atoms with van der Waals surface area (Å²) in [6.07, 6.45) is 3.06. The molecule has 0 N–H and O–H groups in total. The van der Waals surface area contributed by atoms with E-state index in [1.807, 2.05) is 60.4 Å². The van der Waals surface area contributed by atoms with Gasteiger partial charge in [0.05, 0.1) is 6.42 Å². The number of hydrogen-bond donors (Lipinski definition) is 0. The molecule has 150 valence electrons. The number of carbonyl (C=O) groups excluding carboxylic acids is 1. The third-order valence-corrected chi connectivity index (χ3v) is 5.86. The molecule has 1 aromatic heterocycles. The van der Waals surface area contributed by atoms with Crippen LogP contribution in [0.2, 0.25) is 5.02 Å². The van der Waals surface area contributed by atoms with E-state index >= 15 is 0 Å². The fourth-order valence-corrected chi connectivity index (χ4v) is 4.10. The Bertz CT molecular complexity index is 1000. The Morgan fingerprint density at radius 2 is 2.00 bits per heavy atom. The zero-order valence-electron chi connectivity index (χ0n) is 16.5. The molecule has 5 nitrogen and oxygen atoms in total. The highest BCUT2D eigenvalue weighted by atomic mass is 35.5. The average Bonchev–Trinajstić information content (AvgIpc) is 3.18. The minimum Gasteiger partial charge on any atom is -0.342 e.